The zero-order chi connectivity index (χ0) is 17.6. The lowest BCUT2D eigenvalue weighted by molar-refractivity contribution is 0.279. The molecule has 3 rings (SSSR count). The van der Waals surface area contributed by atoms with Crippen LogP contribution in [0.4, 0.5) is 0 Å². The highest BCUT2D eigenvalue weighted by Gasteiger charge is 2.10. The minimum absolute atomic E-state index is 0.0470. The fourth-order valence-corrected chi connectivity index (χ4v) is 2.52. The van der Waals surface area contributed by atoms with E-state index in [-0.39, 0.29) is 12.2 Å². The molecule has 0 unspecified atom stereocenters. The van der Waals surface area contributed by atoms with Gasteiger partial charge in [0.1, 0.15) is 5.75 Å². The Balaban J connectivity index is 1.95. The van der Waals surface area contributed by atoms with Gasteiger partial charge in [0, 0.05) is 42.7 Å². The lowest BCUT2D eigenvalue weighted by atomic mass is 10.1. The molecule has 25 heavy (non-hydrogen) atoms. The molecular formula is C20H20N2O3. The molecule has 3 aromatic rings. The molecule has 5 nitrogen and oxygen atoms in total. The monoisotopic (exact) mass is 336 g/mol. The number of aliphatic hydroxyl groups excluding tert-OH is 1. The quantitative estimate of drug-likeness (QED) is 0.749. The van der Waals surface area contributed by atoms with Crippen LogP contribution in [0.25, 0.3) is 11.1 Å². The summed E-state index contributed by atoms with van der Waals surface area (Å²) in [7, 11) is 0. The van der Waals surface area contributed by atoms with Crippen molar-refractivity contribution in [2.45, 2.75) is 19.9 Å². The number of aromatic nitrogens is 2. The molecule has 128 valence electrons. The Hall–Kier alpha value is -2.92. The van der Waals surface area contributed by atoms with Crippen molar-refractivity contribution in [1.82, 2.24) is 9.55 Å². The largest absolute Gasteiger partial charge is 0.438 e. The van der Waals surface area contributed by atoms with E-state index in [4.69, 9.17) is 9.84 Å². The van der Waals surface area contributed by atoms with Gasteiger partial charge >= 0.3 is 0 Å². The minimum atomic E-state index is -0.0953. The molecule has 0 radical (unpaired) electrons. The number of rotatable bonds is 6. The Bertz CT molecular complexity index is 901. The fraction of sp³-hybridized carbons (Fsp3) is 0.200. The van der Waals surface area contributed by atoms with Crippen molar-refractivity contribution >= 4 is 0 Å². The number of pyridine rings is 2. The zero-order valence-corrected chi connectivity index (χ0v) is 14.1. The summed E-state index contributed by atoms with van der Waals surface area (Å²) in [4.78, 5) is 16.3. The predicted octanol–water partition coefficient (Wildman–Crippen LogP) is 3.39. The van der Waals surface area contributed by atoms with Gasteiger partial charge in [0.15, 0.2) is 0 Å². The summed E-state index contributed by atoms with van der Waals surface area (Å²) in [6, 6.07) is 14.8. The Labute approximate surface area is 146 Å². The summed E-state index contributed by atoms with van der Waals surface area (Å²) in [5.41, 5.74) is 2.71. The van der Waals surface area contributed by atoms with Crippen LogP contribution in [0.3, 0.4) is 0 Å². The Kier molecular flexibility index (Phi) is 5.26. The van der Waals surface area contributed by atoms with E-state index in [9.17, 15) is 4.79 Å². The van der Waals surface area contributed by atoms with Crippen LogP contribution in [0.1, 0.15) is 12.0 Å². The third kappa shape index (κ3) is 4.14. The Morgan fingerprint density at radius 2 is 1.92 bits per heavy atom. The van der Waals surface area contributed by atoms with Crippen molar-refractivity contribution in [3.05, 3.63) is 76.8 Å². The van der Waals surface area contributed by atoms with Crippen molar-refractivity contribution in [3.8, 4) is 22.8 Å². The average Bonchev–Trinajstić information content (AvgIpc) is 2.63. The van der Waals surface area contributed by atoms with Crippen LogP contribution >= 0.6 is 0 Å². The molecule has 0 aliphatic carbocycles. The minimum Gasteiger partial charge on any atom is -0.438 e. The SMILES string of the molecule is Cc1ccc(Oc2ncccc2-c2ccc(=O)n(CCCO)c2)cc1. The number of ether oxygens (including phenoxy) is 1. The summed E-state index contributed by atoms with van der Waals surface area (Å²) < 4.78 is 7.52. The Morgan fingerprint density at radius 1 is 1.12 bits per heavy atom. The van der Waals surface area contributed by atoms with E-state index in [1.807, 2.05) is 43.3 Å². The molecule has 0 saturated heterocycles. The van der Waals surface area contributed by atoms with E-state index in [0.717, 1.165) is 16.7 Å². The molecule has 1 aromatic carbocycles. The van der Waals surface area contributed by atoms with Crippen molar-refractivity contribution in [3.63, 3.8) is 0 Å². The highest BCUT2D eigenvalue weighted by Crippen LogP contribution is 2.30. The summed E-state index contributed by atoms with van der Waals surface area (Å²) in [5, 5.41) is 8.99. The number of nitrogens with zero attached hydrogens (tertiary/aromatic N) is 2. The number of hydrogen-bond donors (Lipinski definition) is 1. The van der Waals surface area contributed by atoms with Crippen molar-refractivity contribution in [2.75, 3.05) is 6.61 Å². The summed E-state index contributed by atoms with van der Waals surface area (Å²) in [6.07, 6.45) is 3.98. The smallest absolute Gasteiger partial charge is 0.250 e. The van der Waals surface area contributed by atoms with Gasteiger partial charge in [-0.15, -0.1) is 0 Å². The maximum Gasteiger partial charge on any atom is 0.250 e. The van der Waals surface area contributed by atoms with E-state index < -0.39 is 0 Å². The normalized spacial score (nSPS) is 10.6. The van der Waals surface area contributed by atoms with Gasteiger partial charge in [0.2, 0.25) is 5.88 Å². The maximum atomic E-state index is 12.0. The molecule has 0 aliphatic rings. The fourth-order valence-electron chi connectivity index (χ4n) is 2.52. The van der Waals surface area contributed by atoms with Gasteiger partial charge in [0.05, 0.1) is 0 Å². The first kappa shape index (κ1) is 16.9. The van der Waals surface area contributed by atoms with E-state index in [1.165, 1.54) is 6.07 Å². The van der Waals surface area contributed by atoms with Gasteiger partial charge in [-0.3, -0.25) is 4.79 Å². The first-order chi connectivity index (χ1) is 12.2. The number of aliphatic hydroxyl groups is 1. The predicted molar refractivity (Wildman–Crippen MR) is 96.9 cm³/mol. The van der Waals surface area contributed by atoms with Crippen LogP contribution in [-0.2, 0) is 6.54 Å². The molecule has 0 spiro atoms. The van der Waals surface area contributed by atoms with Gasteiger partial charge in [-0.2, -0.15) is 0 Å². The zero-order valence-electron chi connectivity index (χ0n) is 14.1. The number of aryl methyl sites for hydroxylation is 2. The van der Waals surface area contributed by atoms with Crippen LogP contribution < -0.4 is 10.3 Å². The van der Waals surface area contributed by atoms with Crippen LogP contribution in [0, 0.1) is 6.92 Å². The molecule has 0 bridgehead atoms. The molecule has 0 atom stereocenters. The molecule has 0 saturated carbocycles. The van der Waals surface area contributed by atoms with E-state index in [1.54, 1.807) is 23.0 Å². The average molecular weight is 336 g/mol. The van der Waals surface area contributed by atoms with Crippen LogP contribution in [-0.4, -0.2) is 21.3 Å². The highest BCUT2D eigenvalue weighted by atomic mass is 16.5. The third-order valence-electron chi connectivity index (χ3n) is 3.86. The second-order valence-corrected chi connectivity index (χ2v) is 5.80. The lowest BCUT2D eigenvalue weighted by Gasteiger charge is -2.12. The van der Waals surface area contributed by atoms with Crippen molar-refractivity contribution in [2.24, 2.45) is 0 Å². The standard InChI is InChI=1S/C20H20N2O3/c1-15-5-8-17(9-6-15)25-20-18(4-2-11-21-20)16-7-10-19(24)22(14-16)12-3-13-23/h2,4-11,14,23H,3,12-13H2,1H3. The van der Waals surface area contributed by atoms with Gasteiger partial charge in [-0.25, -0.2) is 4.98 Å². The molecular weight excluding hydrogens is 316 g/mol. The van der Waals surface area contributed by atoms with Crippen molar-refractivity contribution < 1.29 is 9.84 Å². The summed E-state index contributed by atoms with van der Waals surface area (Å²) >= 11 is 0. The van der Waals surface area contributed by atoms with E-state index in [2.05, 4.69) is 4.98 Å². The summed E-state index contributed by atoms with van der Waals surface area (Å²) in [5.74, 6) is 1.19. The second kappa shape index (κ2) is 7.77. The molecule has 2 heterocycles. The van der Waals surface area contributed by atoms with Gasteiger partial charge in [-0.05, 0) is 43.7 Å². The Morgan fingerprint density at radius 3 is 2.68 bits per heavy atom. The second-order valence-electron chi connectivity index (χ2n) is 5.80. The van der Waals surface area contributed by atoms with Gasteiger partial charge in [-0.1, -0.05) is 17.7 Å². The first-order valence-electron chi connectivity index (χ1n) is 8.18. The van der Waals surface area contributed by atoms with Crippen LogP contribution in [0.2, 0.25) is 0 Å². The van der Waals surface area contributed by atoms with Crippen molar-refractivity contribution in [1.29, 1.82) is 0 Å². The maximum absolute atomic E-state index is 12.0. The molecule has 5 heteroatoms. The van der Waals surface area contributed by atoms with Gasteiger partial charge in [0.25, 0.3) is 5.56 Å². The first-order valence-corrected chi connectivity index (χ1v) is 8.18. The molecule has 0 amide bonds. The lowest BCUT2D eigenvalue weighted by Crippen LogP contribution is -2.19. The van der Waals surface area contributed by atoms with Crippen LogP contribution in [0.5, 0.6) is 11.6 Å². The summed E-state index contributed by atoms with van der Waals surface area (Å²) in [6.45, 7) is 2.54. The topological polar surface area (TPSA) is 64.3 Å². The molecule has 0 fully saturated rings. The van der Waals surface area contributed by atoms with Gasteiger partial charge < -0.3 is 14.4 Å². The van der Waals surface area contributed by atoms with Crippen LogP contribution in [0.15, 0.2) is 65.7 Å². The molecule has 0 aliphatic heterocycles. The third-order valence-corrected chi connectivity index (χ3v) is 3.86. The van der Waals surface area contributed by atoms with E-state index >= 15 is 0 Å². The molecule has 1 N–H and O–H groups in total. The number of hydrogen-bond acceptors (Lipinski definition) is 4. The number of benzene rings is 1. The highest BCUT2D eigenvalue weighted by molar-refractivity contribution is 5.68. The molecule has 2 aromatic heterocycles. The van der Waals surface area contributed by atoms with E-state index in [0.29, 0.717) is 24.6 Å².